The number of aryl methyl sites for hydroxylation is 1. The average molecular weight is 385 g/mol. The van der Waals surface area contributed by atoms with Crippen LogP contribution in [0.2, 0.25) is 0 Å². The van der Waals surface area contributed by atoms with Crippen LogP contribution in [0.25, 0.3) is 33.0 Å². The van der Waals surface area contributed by atoms with Crippen molar-refractivity contribution in [2.45, 2.75) is 13.3 Å². The van der Waals surface area contributed by atoms with Crippen LogP contribution in [0, 0.1) is 6.92 Å². The molecule has 136 valence electrons. The van der Waals surface area contributed by atoms with Crippen LogP contribution in [-0.2, 0) is 6.42 Å². The van der Waals surface area contributed by atoms with E-state index in [-0.39, 0.29) is 0 Å². The Hall–Kier alpha value is -3.52. The van der Waals surface area contributed by atoms with Gasteiger partial charge in [0, 0.05) is 29.7 Å². The molecule has 0 spiro atoms. The first-order valence-electron chi connectivity index (χ1n) is 8.98. The van der Waals surface area contributed by atoms with Crippen molar-refractivity contribution in [3.63, 3.8) is 0 Å². The molecule has 8 heteroatoms. The highest BCUT2D eigenvalue weighted by molar-refractivity contribution is 7.16. The molecule has 0 radical (unpaired) electrons. The molecule has 1 aromatic carbocycles. The minimum absolute atomic E-state index is 0.715. The van der Waals surface area contributed by atoms with Crippen LogP contribution in [0.1, 0.15) is 16.3 Å². The summed E-state index contributed by atoms with van der Waals surface area (Å²) in [7, 11) is 0. The molecule has 0 aliphatic rings. The summed E-state index contributed by atoms with van der Waals surface area (Å²) in [6.45, 7) is 1.99. The van der Waals surface area contributed by atoms with Crippen molar-refractivity contribution >= 4 is 32.8 Å². The standard InChI is InChI=1S/C20H15N7S/c1-12-18(26-9-5-4-8-16(26)22-12)19-23-24-20-27(19)25-17(28-20)10-13-11-21-15-7-3-2-6-14(13)15/h2-9,11,21H,10H2,1H3. The van der Waals surface area contributed by atoms with Gasteiger partial charge < -0.3 is 4.98 Å². The Morgan fingerprint density at radius 1 is 1.07 bits per heavy atom. The number of hydrogen-bond donors (Lipinski definition) is 1. The van der Waals surface area contributed by atoms with E-state index in [2.05, 4.69) is 44.6 Å². The van der Waals surface area contributed by atoms with Gasteiger partial charge in [-0.1, -0.05) is 35.6 Å². The van der Waals surface area contributed by atoms with E-state index < -0.39 is 0 Å². The number of rotatable bonds is 3. The molecule has 6 aromatic rings. The first-order chi connectivity index (χ1) is 13.8. The molecule has 28 heavy (non-hydrogen) atoms. The number of hydrogen-bond acceptors (Lipinski definition) is 5. The second-order valence-electron chi connectivity index (χ2n) is 6.72. The summed E-state index contributed by atoms with van der Waals surface area (Å²) in [6, 6.07) is 14.3. The second-order valence-corrected chi connectivity index (χ2v) is 7.77. The van der Waals surface area contributed by atoms with Gasteiger partial charge in [-0.25, -0.2) is 4.98 Å². The number of imidazole rings is 1. The van der Waals surface area contributed by atoms with Crippen LogP contribution < -0.4 is 0 Å². The van der Waals surface area contributed by atoms with E-state index in [9.17, 15) is 0 Å². The number of pyridine rings is 1. The molecule has 0 amide bonds. The molecule has 0 fully saturated rings. The zero-order valence-corrected chi connectivity index (χ0v) is 15.8. The number of H-pyrrole nitrogens is 1. The first kappa shape index (κ1) is 15.5. The number of nitrogens with one attached hydrogen (secondary N) is 1. The van der Waals surface area contributed by atoms with Gasteiger partial charge in [-0.3, -0.25) is 4.40 Å². The molecule has 7 nitrogen and oxygen atoms in total. The van der Waals surface area contributed by atoms with E-state index in [0.29, 0.717) is 5.82 Å². The first-order valence-corrected chi connectivity index (χ1v) is 9.80. The molecule has 0 bridgehead atoms. The van der Waals surface area contributed by atoms with Crippen molar-refractivity contribution < 1.29 is 0 Å². The minimum atomic E-state index is 0.715. The third-order valence-corrected chi connectivity index (χ3v) is 5.86. The lowest BCUT2D eigenvalue weighted by molar-refractivity contribution is 0.909. The maximum absolute atomic E-state index is 4.81. The van der Waals surface area contributed by atoms with Gasteiger partial charge in [-0.15, -0.1) is 10.2 Å². The second kappa shape index (κ2) is 5.74. The van der Waals surface area contributed by atoms with Gasteiger partial charge in [0.15, 0.2) is 0 Å². The Balaban J connectivity index is 1.46. The van der Waals surface area contributed by atoms with Gasteiger partial charge in [0.2, 0.25) is 10.8 Å². The third-order valence-electron chi connectivity index (χ3n) is 4.97. The number of aromatic nitrogens is 7. The Morgan fingerprint density at radius 2 is 1.96 bits per heavy atom. The molecule has 6 rings (SSSR count). The Kier molecular flexibility index (Phi) is 3.18. The molecule has 0 saturated heterocycles. The molecular weight excluding hydrogens is 370 g/mol. The lowest BCUT2D eigenvalue weighted by Crippen LogP contribution is -1.97. The van der Waals surface area contributed by atoms with Crippen LogP contribution >= 0.6 is 11.3 Å². The predicted molar refractivity (Wildman–Crippen MR) is 109 cm³/mol. The summed E-state index contributed by atoms with van der Waals surface area (Å²) in [5.41, 5.74) is 5.09. The quantitative estimate of drug-likeness (QED) is 0.502. The monoisotopic (exact) mass is 385 g/mol. The largest absolute Gasteiger partial charge is 0.361 e. The molecule has 0 aliphatic heterocycles. The van der Waals surface area contributed by atoms with Crippen molar-refractivity contribution in [2.75, 3.05) is 0 Å². The maximum Gasteiger partial charge on any atom is 0.235 e. The lowest BCUT2D eigenvalue weighted by atomic mass is 10.1. The van der Waals surface area contributed by atoms with E-state index in [1.165, 1.54) is 10.9 Å². The van der Waals surface area contributed by atoms with Crippen LogP contribution in [0.3, 0.4) is 0 Å². The Labute approximate surface area is 163 Å². The van der Waals surface area contributed by atoms with Crippen molar-refractivity contribution in [1.29, 1.82) is 0 Å². The Bertz CT molecular complexity index is 1470. The van der Waals surface area contributed by atoms with E-state index in [1.54, 1.807) is 11.3 Å². The molecule has 0 saturated carbocycles. The average Bonchev–Trinajstić information content (AvgIpc) is 3.45. The molecule has 1 N–H and O–H groups in total. The highest BCUT2D eigenvalue weighted by Crippen LogP contribution is 2.27. The summed E-state index contributed by atoms with van der Waals surface area (Å²) < 4.78 is 3.86. The summed E-state index contributed by atoms with van der Waals surface area (Å²) in [4.78, 5) is 8.75. The molecule has 5 aromatic heterocycles. The van der Waals surface area contributed by atoms with Crippen LogP contribution in [0.15, 0.2) is 54.9 Å². The zero-order valence-electron chi connectivity index (χ0n) is 15.0. The summed E-state index contributed by atoms with van der Waals surface area (Å²) in [5, 5.41) is 15.8. The molecule has 0 unspecified atom stereocenters. The highest BCUT2D eigenvalue weighted by Gasteiger charge is 2.20. The minimum Gasteiger partial charge on any atom is -0.361 e. The van der Waals surface area contributed by atoms with Crippen molar-refractivity contribution in [2.24, 2.45) is 0 Å². The predicted octanol–water partition coefficient (Wildman–Crippen LogP) is 3.88. The van der Waals surface area contributed by atoms with Crippen LogP contribution in [0.4, 0.5) is 0 Å². The van der Waals surface area contributed by atoms with E-state index in [0.717, 1.165) is 38.9 Å². The SMILES string of the molecule is Cc1nc2ccccn2c1-c1nnc2sc(Cc3c[nH]c4ccccc34)nn12. The molecule has 0 aliphatic carbocycles. The van der Waals surface area contributed by atoms with Crippen molar-refractivity contribution in [1.82, 2.24) is 34.2 Å². The molecule has 5 heterocycles. The number of nitrogens with zero attached hydrogens (tertiary/aromatic N) is 6. The van der Waals surface area contributed by atoms with E-state index in [4.69, 9.17) is 5.10 Å². The lowest BCUT2D eigenvalue weighted by Gasteiger charge is -1.99. The highest BCUT2D eigenvalue weighted by atomic mass is 32.1. The van der Waals surface area contributed by atoms with Gasteiger partial charge in [-0.05, 0) is 30.7 Å². The fourth-order valence-electron chi connectivity index (χ4n) is 3.70. The van der Waals surface area contributed by atoms with Crippen molar-refractivity contribution in [3.05, 3.63) is 71.1 Å². The van der Waals surface area contributed by atoms with Gasteiger partial charge >= 0.3 is 0 Å². The number of fused-ring (bicyclic) bond motifs is 3. The van der Waals surface area contributed by atoms with Crippen LogP contribution in [-0.4, -0.2) is 34.2 Å². The van der Waals surface area contributed by atoms with E-state index in [1.807, 2.05) is 46.3 Å². The van der Waals surface area contributed by atoms with Gasteiger partial charge in [-0.2, -0.15) is 9.61 Å². The van der Waals surface area contributed by atoms with Crippen LogP contribution in [0.5, 0.6) is 0 Å². The summed E-state index contributed by atoms with van der Waals surface area (Å²) >= 11 is 1.57. The fourth-order valence-corrected chi connectivity index (χ4v) is 4.56. The van der Waals surface area contributed by atoms with Gasteiger partial charge in [0.1, 0.15) is 16.3 Å². The summed E-state index contributed by atoms with van der Waals surface area (Å²) in [5.74, 6) is 0.715. The number of benzene rings is 1. The smallest absolute Gasteiger partial charge is 0.235 e. The third kappa shape index (κ3) is 2.21. The normalized spacial score (nSPS) is 11.9. The molecular formula is C20H15N7S. The zero-order chi connectivity index (χ0) is 18.7. The maximum atomic E-state index is 4.81. The number of para-hydroxylation sites is 1. The topological polar surface area (TPSA) is 76.2 Å². The van der Waals surface area contributed by atoms with Gasteiger partial charge in [0.05, 0.1) is 5.69 Å². The Morgan fingerprint density at radius 3 is 2.93 bits per heavy atom. The van der Waals surface area contributed by atoms with Gasteiger partial charge in [0.25, 0.3) is 0 Å². The summed E-state index contributed by atoms with van der Waals surface area (Å²) in [6.07, 6.45) is 4.80. The van der Waals surface area contributed by atoms with Crippen molar-refractivity contribution in [3.8, 4) is 11.5 Å². The number of aromatic amines is 1. The molecule has 0 atom stereocenters. The van der Waals surface area contributed by atoms with E-state index >= 15 is 0 Å². The fraction of sp³-hybridized carbons (Fsp3) is 0.100.